The van der Waals surface area contributed by atoms with Gasteiger partial charge in [0, 0.05) is 12.6 Å². The quantitative estimate of drug-likeness (QED) is 0.442. The van der Waals surface area contributed by atoms with Gasteiger partial charge in [0.05, 0.1) is 29.7 Å². The number of aromatic nitrogens is 3. The lowest BCUT2D eigenvalue weighted by Gasteiger charge is -2.15. The molecule has 1 aliphatic carbocycles. The van der Waals surface area contributed by atoms with Crippen LogP contribution in [0.3, 0.4) is 0 Å². The molecule has 0 atom stereocenters. The first-order valence-corrected chi connectivity index (χ1v) is 12.5. The Labute approximate surface area is 203 Å². The van der Waals surface area contributed by atoms with E-state index >= 15 is 0 Å². The number of nitrogens with zero attached hydrogens (tertiary/aromatic N) is 3. The molecule has 0 bridgehead atoms. The second-order valence-electron chi connectivity index (χ2n) is 8.09. The number of ether oxygens (including phenoxy) is 1. The Morgan fingerprint density at radius 2 is 1.82 bits per heavy atom. The van der Waals surface area contributed by atoms with Crippen LogP contribution in [0, 0.1) is 0 Å². The van der Waals surface area contributed by atoms with Crippen molar-refractivity contribution >= 4 is 29.3 Å². The Kier molecular flexibility index (Phi) is 7.84. The predicted octanol–water partition coefficient (Wildman–Crippen LogP) is 4.38. The summed E-state index contributed by atoms with van der Waals surface area (Å²) in [5.41, 5.74) is 1.83. The predicted molar refractivity (Wildman–Crippen MR) is 133 cm³/mol. The van der Waals surface area contributed by atoms with Crippen molar-refractivity contribution in [2.24, 2.45) is 0 Å². The van der Waals surface area contributed by atoms with Crippen LogP contribution in [0.4, 0.5) is 5.69 Å². The Morgan fingerprint density at radius 3 is 2.59 bits per heavy atom. The van der Waals surface area contributed by atoms with Gasteiger partial charge in [0.1, 0.15) is 5.75 Å². The van der Waals surface area contributed by atoms with Crippen molar-refractivity contribution in [3.8, 4) is 17.1 Å². The minimum Gasteiger partial charge on any atom is -0.496 e. The highest BCUT2D eigenvalue weighted by molar-refractivity contribution is 7.99. The summed E-state index contributed by atoms with van der Waals surface area (Å²) in [4.78, 5) is 25.5. The number of nitrogens with one attached hydrogen (secondary N) is 2. The largest absolute Gasteiger partial charge is 0.496 e. The fourth-order valence-corrected chi connectivity index (χ4v) is 4.95. The van der Waals surface area contributed by atoms with Crippen molar-refractivity contribution in [1.29, 1.82) is 0 Å². The van der Waals surface area contributed by atoms with E-state index in [0.29, 0.717) is 34.5 Å². The van der Waals surface area contributed by atoms with Crippen LogP contribution in [0.2, 0.25) is 0 Å². The Balaban J connectivity index is 1.42. The zero-order chi connectivity index (χ0) is 23.9. The zero-order valence-corrected chi connectivity index (χ0v) is 20.2. The summed E-state index contributed by atoms with van der Waals surface area (Å²) >= 11 is 1.30. The van der Waals surface area contributed by atoms with Crippen LogP contribution in [0.25, 0.3) is 11.4 Å². The summed E-state index contributed by atoms with van der Waals surface area (Å²) in [6.07, 6.45) is 4.29. The number of para-hydroxylation sites is 2. The van der Waals surface area contributed by atoms with E-state index in [-0.39, 0.29) is 23.6 Å². The molecule has 1 aliphatic rings. The van der Waals surface area contributed by atoms with E-state index in [9.17, 15) is 9.59 Å². The second-order valence-corrected chi connectivity index (χ2v) is 9.03. The van der Waals surface area contributed by atoms with E-state index in [1.807, 2.05) is 41.8 Å². The lowest BCUT2D eigenvalue weighted by atomic mass is 10.1. The second kappa shape index (κ2) is 11.2. The number of methoxy groups -OCH3 is 1. The number of anilines is 1. The molecule has 2 aromatic carbocycles. The molecule has 8 nitrogen and oxygen atoms in total. The van der Waals surface area contributed by atoms with Gasteiger partial charge >= 0.3 is 0 Å². The van der Waals surface area contributed by atoms with Gasteiger partial charge in [0.2, 0.25) is 5.91 Å². The van der Waals surface area contributed by atoms with E-state index in [4.69, 9.17) is 4.74 Å². The average molecular weight is 480 g/mol. The molecule has 178 valence electrons. The number of rotatable bonds is 9. The summed E-state index contributed by atoms with van der Waals surface area (Å²) < 4.78 is 7.42. The van der Waals surface area contributed by atoms with Gasteiger partial charge in [-0.1, -0.05) is 48.9 Å². The lowest BCUT2D eigenvalue weighted by Crippen LogP contribution is -2.33. The third kappa shape index (κ3) is 5.41. The maximum atomic E-state index is 12.8. The minimum absolute atomic E-state index is 0.142. The maximum Gasteiger partial charge on any atom is 0.253 e. The molecule has 3 aromatic rings. The van der Waals surface area contributed by atoms with E-state index in [1.54, 1.807) is 25.3 Å². The lowest BCUT2D eigenvalue weighted by molar-refractivity contribution is -0.113. The molecule has 2 N–H and O–H groups in total. The van der Waals surface area contributed by atoms with E-state index in [0.717, 1.165) is 31.2 Å². The Bertz CT molecular complexity index is 1160. The Morgan fingerprint density at radius 1 is 1.09 bits per heavy atom. The van der Waals surface area contributed by atoms with Gasteiger partial charge < -0.3 is 19.9 Å². The van der Waals surface area contributed by atoms with Crippen LogP contribution in [0.5, 0.6) is 5.75 Å². The molecule has 1 saturated carbocycles. The number of hydrogen-bond acceptors (Lipinski definition) is 6. The van der Waals surface area contributed by atoms with Crippen molar-refractivity contribution in [2.75, 3.05) is 18.2 Å². The van der Waals surface area contributed by atoms with Gasteiger partial charge in [-0.2, -0.15) is 0 Å². The molecule has 9 heteroatoms. The van der Waals surface area contributed by atoms with Gasteiger partial charge in [-0.05, 0) is 44.0 Å². The van der Waals surface area contributed by atoms with Crippen LogP contribution in [0.15, 0.2) is 53.7 Å². The molecule has 4 rings (SSSR count). The number of hydrogen-bond donors (Lipinski definition) is 2. The monoisotopic (exact) mass is 479 g/mol. The third-order valence-electron chi connectivity index (χ3n) is 5.85. The van der Waals surface area contributed by atoms with Crippen LogP contribution in [0.1, 0.15) is 43.0 Å². The number of carbonyl (C=O) groups excluding carboxylic acids is 2. The van der Waals surface area contributed by atoms with Crippen LogP contribution >= 0.6 is 11.8 Å². The van der Waals surface area contributed by atoms with Gasteiger partial charge in [-0.25, -0.2) is 0 Å². The fourth-order valence-electron chi connectivity index (χ4n) is 4.15. The first-order chi connectivity index (χ1) is 16.6. The molecule has 1 heterocycles. The summed E-state index contributed by atoms with van der Waals surface area (Å²) in [5, 5.41) is 15.2. The summed E-state index contributed by atoms with van der Waals surface area (Å²) in [6.45, 7) is 2.65. The van der Waals surface area contributed by atoms with Crippen molar-refractivity contribution in [1.82, 2.24) is 20.1 Å². The highest BCUT2D eigenvalue weighted by Crippen LogP contribution is 2.31. The average Bonchev–Trinajstić information content (AvgIpc) is 3.52. The van der Waals surface area contributed by atoms with Crippen LogP contribution in [-0.2, 0) is 11.3 Å². The first-order valence-electron chi connectivity index (χ1n) is 11.5. The normalized spacial score (nSPS) is 13.6. The maximum absolute atomic E-state index is 12.8. The third-order valence-corrected chi connectivity index (χ3v) is 6.82. The molecule has 2 amide bonds. The summed E-state index contributed by atoms with van der Waals surface area (Å²) in [6, 6.07) is 15.0. The summed E-state index contributed by atoms with van der Waals surface area (Å²) in [7, 11) is 1.62. The number of amides is 2. The molecular formula is C25H29N5O3S. The van der Waals surface area contributed by atoms with Crippen molar-refractivity contribution in [2.45, 2.75) is 50.4 Å². The molecule has 1 aromatic heterocycles. The molecule has 1 fully saturated rings. The first kappa shape index (κ1) is 23.8. The zero-order valence-electron chi connectivity index (χ0n) is 19.4. The van der Waals surface area contributed by atoms with Gasteiger partial charge in [0.15, 0.2) is 11.0 Å². The fraction of sp³-hybridized carbons (Fsp3) is 0.360. The van der Waals surface area contributed by atoms with Crippen LogP contribution < -0.4 is 15.4 Å². The van der Waals surface area contributed by atoms with E-state index < -0.39 is 0 Å². The van der Waals surface area contributed by atoms with Crippen molar-refractivity contribution < 1.29 is 14.3 Å². The molecule has 34 heavy (non-hydrogen) atoms. The number of carbonyl (C=O) groups is 2. The van der Waals surface area contributed by atoms with Crippen molar-refractivity contribution in [3.63, 3.8) is 0 Å². The standard InChI is InChI=1S/C25H29N5O3S/c1-3-30-23(19-13-7-9-15-21(19)33-2)28-29-25(30)34-16-22(31)27-20-14-8-6-12-18(20)24(32)26-17-10-4-5-11-17/h6-9,12-15,17H,3-5,10-11,16H2,1-2H3,(H,26,32)(H,27,31). The highest BCUT2D eigenvalue weighted by Gasteiger charge is 2.21. The molecule has 0 saturated heterocycles. The van der Waals surface area contributed by atoms with Gasteiger partial charge in [-0.15, -0.1) is 10.2 Å². The Hall–Kier alpha value is -3.33. The molecule has 0 radical (unpaired) electrons. The SMILES string of the molecule is CCn1c(SCC(=O)Nc2ccccc2C(=O)NC2CCCC2)nnc1-c1ccccc1OC. The number of thioether (sulfide) groups is 1. The summed E-state index contributed by atoms with van der Waals surface area (Å²) in [5.74, 6) is 1.18. The highest BCUT2D eigenvalue weighted by atomic mass is 32.2. The van der Waals surface area contributed by atoms with E-state index in [2.05, 4.69) is 20.8 Å². The molecule has 0 aliphatic heterocycles. The molecule has 0 unspecified atom stereocenters. The topological polar surface area (TPSA) is 98.1 Å². The molecule has 0 spiro atoms. The molecular weight excluding hydrogens is 450 g/mol. The van der Waals surface area contributed by atoms with Gasteiger partial charge in [-0.3, -0.25) is 9.59 Å². The van der Waals surface area contributed by atoms with Crippen molar-refractivity contribution in [3.05, 3.63) is 54.1 Å². The van der Waals surface area contributed by atoms with Gasteiger partial charge in [0.25, 0.3) is 5.91 Å². The van der Waals surface area contributed by atoms with Crippen LogP contribution in [-0.4, -0.2) is 45.5 Å². The smallest absolute Gasteiger partial charge is 0.253 e. The minimum atomic E-state index is -0.212. The number of benzene rings is 2. The van der Waals surface area contributed by atoms with E-state index in [1.165, 1.54) is 11.8 Å².